The average Bonchev–Trinajstić information content (AvgIpc) is 1.88. The van der Waals surface area contributed by atoms with Crippen molar-refractivity contribution in [1.82, 2.24) is 5.23 Å². The Morgan fingerprint density at radius 2 is 1.82 bits per heavy atom. The average molecular weight is 185 g/mol. The van der Waals surface area contributed by atoms with E-state index in [-0.39, 0.29) is 6.54 Å². The third-order valence-corrected chi connectivity index (χ3v) is 1.64. The third-order valence-electron chi connectivity index (χ3n) is 0.939. The molecular formula is C4H11NO5S. The summed E-state index contributed by atoms with van der Waals surface area (Å²) in [5, 5.41) is 0.938. The Morgan fingerprint density at radius 1 is 1.36 bits per heavy atom. The lowest BCUT2D eigenvalue weighted by Crippen LogP contribution is -2.27. The first-order chi connectivity index (χ1) is 4.99. The predicted molar refractivity (Wildman–Crippen MR) is 37.1 cm³/mol. The van der Waals surface area contributed by atoms with Gasteiger partial charge >= 0.3 is 0 Å². The van der Waals surface area contributed by atoms with E-state index in [1.807, 2.05) is 0 Å². The first kappa shape index (κ1) is 10.8. The number of nitrogens with zero attached hydrogens (tertiary/aromatic N) is 1. The number of rotatable bonds is 5. The maximum atomic E-state index is 10.2. The lowest BCUT2D eigenvalue weighted by Gasteiger charge is -2.14. The molecule has 0 aromatic rings. The number of hydrogen-bond donors (Lipinski definition) is 1. The molecule has 0 saturated carbocycles. The zero-order chi connectivity index (χ0) is 8.91. The molecule has 11 heavy (non-hydrogen) atoms. The molecule has 6 nitrogen and oxygen atoms in total. The minimum atomic E-state index is -3.94. The van der Waals surface area contributed by atoms with Gasteiger partial charge in [-0.2, -0.15) is 8.42 Å². The highest BCUT2D eigenvalue weighted by Crippen LogP contribution is 1.90. The van der Waals surface area contributed by atoms with Crippen LogP contribution in [0, 0.1) is 0 Å². The molecule has 0 bridgehead atoms. The molecule has 0 amide bonds. The standard InChI is InChI=1S/C4H11NO5S/c1-9-5(10-2)3-4-11(6,7)8/h3-4H2,1-2H3,(H,6,7,8). The maximum absolute atomic E-state index is 10.2. The zero-order valence-electron chi connectivity index (χ0n) is 6.35. The molecule has 0 fully saturated rings. The van der Waals surface area contributed by atoms with Gasteiger partial charge in [-0.3, -0.25) is 14.2 Å². The van der Waals surface area contributed by atoms with Crippen molar-refractivity contribution in [3.63, 3.8) is 0 Å². The molecule has 0 unspecified atom stereocenters. The Morgan fingerprint density at radius 3 is 2.09 bits per heavy atom. The van der Waals surface area contributed by atoms with E-state index >= 15 is 0 Å². The Hall–Kier alpha value is -0.210. The molecule has 7 heteroatoms. The normalized spacial score (nSPS) is 12.4. The van der Waals surface area contributed by atoms with Gasteiger partial charge in [0.1, 0.15) is 0 Å². The number of hydrogen-bond acceptors (Lipinski definition) is 5. The molecule has 0 saturated heterocycles. The molecule has 0 aromatic heterocycles. The van der Waals surface area contributed by atoms with Crippen LogP contribution in [0.2, 0.25) is 0 Å². The SMILES string of the molecule is CON(CCS(=O)(=O)O)OC. The van der Waals surface area contributed by atoms with E-state index < -0.39 is 15.9 Å². The highest BCUT2D eigenvalue weighted by atomic mass is 32.2. The first-order valence-corrected chi connectivity index (χ1v) is 4.41. The molecule has 0 atom stereocenters. The van der Waals surface area contributed by atoms with Gasteiger partial charge in [-0.25, -0.2) is 0 Å². The zero-order valence-corrected chi connectivity index (χ0v) is 7.17. The Kier molecular flexibility index (Phi) is 4.54. The highest BCUT2D eigenvalue weighted by molar-refractivity contribution is 7.85. The van der Waals surface area contributed by atoms with E-state index in [0.29, 0.717) is 0 Å². The van der Waals surface area contributed by atoms with Crippen LogP contribution in [0.4, 0.5) is 0 Å². The van der Waals surface area contributed by atoms with Crippen LogP contribution in [-0.4, -0.2) is 44.7 Å². The first-order valence-electron chi connectivity index (χ1n) is 2.80. The van der Waals surface area contributed by atoms with Crippen LogP contribution in [-0.2, 0) is 19.8 Å². The fourth-order valence-corrected chi connectivity index (χ4v) is 0.827. The summed E-state index contributed by atoms with van der Waals surface area (Å²) in [5.74, 6) is -0.422. The summed E-state index contributed by atoms with van der Waals surface area (Å²) in [6.07, 6.45) is 0. The van der Waals surface area contributed by atoms with Gasteiger partial charge in [0, 0.05) is 0 Å². The summed E-state index contributed by atoms with van der Waals surface area (Å²) in [4.78, 5) is 9.06. The second kappa shape index (κ2) is 4.62. The van der Waals surface area contributed by atoms with E-state index in [9.17, 15) is 8.42 Å². The largest absolute Gasteiger partial charge is 0.286 e. The van der Waals surface area contributed by atoms with Crippen LogP contribution in [0.15, 0.2) is 0 Å². The van der Waals surface area contributed by atoms with Gasteiger partial charge in [-0.1, -0.05) is 5.23 Å². The third kappa shape index (κ3) is 6.20. The fraction of sp³-hybridized carbons (Fsp3) is 1.00. The van der Waals surface area contributed by atoms with Crippen molar-refractivity contribution in [2.45, 2.75) is 0 Å². The van der Waals surface area contributed by atoms with Crippen molar-refractivity contribution in [2.24, 2.45) is 0 Å². The number of hydroxylamine groups is 2. The Balaban J connectivity index is 3.69. The minimum Gasteiger partial charge on any atom is -0.286 e. The van der Waals surface area contributed by atoms with E-state index in [0.717, 1.165) is 5.23 Å². The smallest absolute Gasteiger partial charge is 0.266 e. The second-order valence-corrected chi connectivity index (χ2v) is 3.28. The molecule has 0 heterocycles. The van der Waals surface area contributed by atoms with Crippen molar-refractivity contribution < 1.29 is 22.6 Å². The van der Waals surface area contributed by atoms with Gasteiger partial charge in [0.2, 0.25) is 0 Å². The molecule has 0 aliphatic carbocycles. The van der Waals surface area contributed by atoms with Gasteiger partial charge in [0.15, 0.2) is 0 Å². The van der Waals surface area contributed by atoms with Crippen LogP contribution < -0.4 is 0 Å². The Bertz CT molecular complexity index is 185. The second-order valence-electron chi connectivity index (χ2n) is 1.71. The molecule has 0 spiro atoms. The van der Waals surface area contributed by atoms with E-state index in [4.69, 9.17) is 4.55 Å². The quantitative estimate of drug-likeness (QED) is 0.451. The van der Waals surface area contributed by atoms with Gasteiger partial charge in [0.25, 0.3) is 10.1 Å². The minimum absolute atomic E-state index is 0.0359. The molecule has 1 N–H and O–H groups in total. The van der Waals surface area contributed by atoms with Crippen LogP contribution in [0.25, 0.3) is 0 Å². The molecule has 0 rings (SSSR count). The molecule has 0 aliphatic heterocycles. The summed E-state index contributed by atoms with van der Waals surface area (Å²) >= 11 is 0. The topological polar surface area (TPSA) is 76.1 Å². The lowest BCUT2D eigenvalue weighted by atomic mass is 10.8. The molecule has 0 radical (unpaired) electrons. The molecule has 68 valence electrons. The maximum Gasteiger partial charge on any atom is 0.266 e. The summed E-state index contributed by atoms with van der Waals surface area (Å²) in [6.45, 7) is -0.0359. The van der Waals surface area contributed by atoms with Crippen molar-refractivity contribution in [3.8, 4) is 0 Å². The summed E-state index contributed by atoms with van der Waals surface area (Å²) < 4.78 is 28.7. The Labute approximate surface area is 65.4 Å². The summed E-state index contributed by atoms with van der Waals surface area (Å²) in [5.41, 5.74) is 0. The lowest BCUT2D eigenvalue weighted by molar-refractivity contribution is -0.339. The molecule has 0 aromatic carbocycles. The van der Waals surface area contributed by atoms with Crippen molar-refractivity contribution in [1.29, 1.82) is 0 Å². The van der Waals surface area contributed by atoms with Crippen LogP contribution in [0.1, 0.15) is 0 Å². The highest BCUT2D eigenvalue weighted by Gasteiger charge is 2.08. The van der Waals surface area contributed by atoms with Crippen LogP contribution in [0.3, 0.4) is 0 Å². The van der Waals surface area contributed by atoms with E-state index in [2.05, 4.69) is 9.68 Å². The van der Waals surface area contributed by atoms with E-state index in [1.165, 1.54) is 14.2 Å². The summed E-state index contributed by atoms with van der Waals surface area (Å²) in [7, 11) is -1.29. The molecular weight excluding hydrogens is 174 g/mol. The van der Waals surface area contributed by atoms with Crippen molar-refractivity contribution in [2.75, 3.05) is 26.5 Å². The van der Waals surface area contributed by atoms with Gasteiger partial charge in [0.05, 0.1) is 26.5 Å². The fourth-order valence-electron chi connectivity index (χ4n) is 0.447. The van der Waals surface area contributed by atoms with Crippen LogP contribution in [0.5, 0.6) is 0 Å². The van der Waals surface area contributed by atoms with Crippen LogP contribution >= 0.6 is 0 Å². The monoisotopic (exact) mass is 185 g/mol. The van der Waals surface area contributed by atoms with Crippen molar-refractivity contribution >= 4 is 10.1 Å². The van der Waals surface area contributed by atoms with Gasteiger partial charge < -0.3 is 0 Å². The van der Waals surface area contributed by atoms with Gasteiger partial charge in [-0.15, -0.1) is 0 Å². The van der Waals surface area contributed by atoms with E-state index in [1.54, 1.807) is 0 Å². The molecule has 0 aliphatic rings. The van der Waals surface area contributed by atoms with Gasteiger partial charge in [-0.05, 0) is 0 Å². The van der Waals surface area contributed by atoms with Crippen molar-refractivity contribution in [3.05, 3.63) is 0 Å². The predicted octanol–water partition coefficient (Wildman–Crippen LogP) is -0.701. The summed E-state index contributed by atoms with van der Waals surface area (Å²) in [6, 6.07) is 0.